The van der Waals surface area contributed by atoms with E-state index in [9.17, 15) is 9.59 Å². The van der Waals surface area contributed by atoms with Crippen molar-refractivity contribution < 1.29 is 9.59 Å². The predicted molar refractivity (Wildman–Crippen MR) is 106 cm³/mol. The van der Waals surface area contributed by atoms with E-state index in [1.165, 1.54) is 11.3 Å². The highest BCUT2D eigenvalue weighted by atomic mass is 32.1. The van der Waals surface area contributed by atoms with Gasteiger partial charge < -0.3 is 5.32 Å². The van der Waals surface area contributed by atoms with E-state index in [0.717, 1.165) is 17.8 Å². The Morgan fingerprint density at radius 1 is 1.04 bits per heavy atom. The van der Waals surface area contributed by atoms with Crippen LogP contribution in [0.3, 0.4) is 0 Å². The van der Waals surface area contributed by atoms with Crippen LogP contribution in [-0.4, -0.2) is 22.0 Å². The van der Waals surface area contributed by atoms with Gasteiger partial charge in [0.2, 0.25) is 11.0 Å². The van der Waals surface area contributed by atoms with Gasteiger partial charge in [0.15, 0.2) is 0 Å². The SMILES string of the molecule is CCC(CC)C(=O)Nc1ccc(C(=O)Nc2nnc(C(C)(C)C)s2)cc1. The van der Waals surface area contributed by atoms with Crippen LogP contribution in [-0.2, 0) is 10.2 Å². The van der Waals surface area contributed by atoms with E-state index in [0.29, 0.717) is 16.4 Å². The minimum absolute atomic E-state index is 0.00684. The molecule has 26 heavy (non-hydrogen) atoms. The van der Waals surface area contributed by atoms with E-state index < -0.39 is 0 Å². The Balaban J connectivity index is 2.00. The second-order valence-electron chi connectivity index (χ2n) is 7.20. The largest absolute Gasteiger partial charge is 0.326 e. The van der Waals surface area contributed by atoms with Crippen LogP contribution in [0.5, 0.6) is 0 Å². The summed E-state index contributed by atoms with van der Waals surface area (Å²) in [5.41, 5.74) is 1.08. The van der Waals surface area contributed by atoms with Crippen LogP contribution in [0, 0.1) is 5.92 Å². The Morgan fingerprint density at radius 3 is 2.15 bits per heavy atom. The quantitative estimate of drug-likeness (QED) is 0.782. The van der Waals surface area contributed by atoms with Crippen molar-refractivity contribution in [1.29, 1.82) is 0 Å². The smallest absolute Gasteiger partial charge is 0.257 e. The Kier molecular flexibility index (Phi) is 6.47. The van der Waals surface area contributed by atoms with Gasteiger partial charge in [-0.2, -0.15) is 0 Å². The number of nitrogens with one attached hydrogen (secondary N) is 2. The molecule has 0 aliphatic heterocycles. The average molecular weight is 375 g/mol. The molecule has 0 saturated carbocycles. The lowest BCUT2D eigenvalue weighted by Crippen LogP contribution is -2.21. The Hall–Kier alpha value is -2.28. The fraction of sp³-hybridized carbons (Fsp3) is 0.474. The first-order valence-electron chi connectivity index (χ1n) is 8.80. The zero-order valence-corrected chi connectivity index (χ0v) is 16.7. The minimum atomic E-state index is -0.250. The molecular formula is C19H26N4O2S. The molecule has 1 aromatic carbocycles. The molecule has 0 atom stereocenters. The molecule has 0 spiro atoms. The standard InChI is InChI=1S/C19H26N4O2S/c1-6-12(7-2)15(24)20-14-10-8-13(9-11-14)16(25)21-18-23-22-17(26-18)19(3,4)5/h8-12H,6-7H2,1-5H3,(H,20,24)(H,21,23,25). The minimum Gasteiger partial charge on any atom is -0.326 e. The first kappa shape index (κ1) is 20.0. The third-order valence-electron chi connectivity index (χ3n) is 4.06. The molecule has 1 heterocycles. The van der Waals surface area contributed by atoms with E-state index in [-0.39, 0.29) is 23.1 Å². The van der Waals surface area contributed by atoms with E-state index >= 15 is 0 Å². The number of carbonyl (C=O) groups is 2. The number of hydrogen-bond donors (Lipinski definition) is 2. The molecule has 2 N–H and O–H groups in total. The number of carbonyl (C=O) groups excluding carboxylic acids is 2. The maximum absolute atomic E-state index is 12.3. The van der Waals surface area contributed by atoms with Crippen LogP contribution in [0.2, 0.25) is 0 Å². The maximum Gasteiger partial charge on any atom is 0.257 e. The molecule has 2 rings (SSSR count). The predicted octanol–water partition coefficient (Wildman–Crippen LogP) is 4.46. The number of anilines is 2. The molecule has 0 unspecified atom stereocenters. The monoisotopic (exact) mass is 374 g/mol. The van der Waals surface area contributed by atoms with Gasteiger partial charge in [0, 0.05) is 22.6 Å². The number of hydrogen-bond acceptors (Lipinski definition) is 5. The van der Waals surface area contributed by atoms with Crippen LogP contribution in [0.25, 0.3) is 0 Å². The van der Waals surface area contributed by atoms with Crippen molar-refractivity contribution in [3.8, 4) is 0 Å². The summed E-state index contributed by atoms with van der Waals surface area (Å²) in [5.74, 6) is -0.234. The average Bonchev–Trinajstić information content (AvgIpc) is 3.05. The summed E-state index contributed by atoms with van der Waals surface area (Å²) in [6.07, 6.45) is 1.61. The second kappa shape index (κ2) is 8.40. The van der Waals surface area contributed by atoms with E-state index in [2.05, 4.69) is 20.8 Å². The molecule has 0 aliphatic rings. The van der Waals surface area contributed by atoms with E-state index in [1.54, 1.807) is 24.3 Å². The van der Waals surface area contributed by atoms with Gasteiger partial charge >= 0.3 is 0 Å². The highest BCUT2D eigenvalue weighted by molar-refractivity contribution is 7.15. The maximum atomic E-state index is 12.3. The molecule has 0 aliphatic carbocycles. The number of nitrogens with zero attached hydrogens (tertiary/aromatic N) is 2. The molecule has 6 nitrogen and oxygen atoms in total. The Morgan fingerprint density at radius 2 is 1.65 bits per heavy atom. The van der Waals surface area contributed by atoms with Crippen LogP contribution >= 0.6 is 11.3 Å². The highest BCUT2D eigenvalue weighted by Crippen LogP contribution is 2.28. The van der Waals surface area contributed by atoms with E-state index in [4.69, 9.17) is 0 Å². The van der Waals surface area contributed by atoms with Crippen molar-refractivity contribution in [3.63, 3.8) is 0 Å². The van der Waals surface area contributed by atoms with Crippen LogP contribution in [0.1, 0.15) is 62.8 Å². The van der Waals surface area contributed by atoms with Gasteiger partial charge in [-0.1, -0.05) is 46.0 Å². The highest BCUT2D eigenvalue weighted by Gasteiger charge is 2.20. The van der Waals surface area contributed by atoms with Gasteiger partial charge in [-0.05, 0) is 37.1 Å². The topological polar surface area (TPSA) is 84.0 Å². The summed E-state index contributed by atoms with van der Waals surface area (Å²) in [6.45, 7) is 10.1. The normalized spacial score (nSPS) is 11.5. The number of benzene rings is 1. The summed E-state index contributed by atoms with van der Waals surface area (Å²) < 4.78 is 0. The summed E-state index contributed by atoms with van der Waals surface area (Å²) in [6, 6.07) is 6.83. The van der Waals surface area contributed by atoms with Gasteiger partial charge in [-0.3, -0.25) is 14.9 Å². The van der Waals surface area contributed by atoms with Crippen LogP contribution < -0.4 is 10.6 Å². The fourth-order valence-corrected chi connectivity index (χ4v) is 3.15. The van der Waals surface area contributed by atoms with Gasteiger partial charge in [0.1, 0.15) is 5.01 Å². The summed E-state index contributed by atoms with van der Waals surface area (Å²) >= 11 is 1.37. The molecule has 140 valence electrons. The first-order chi connectivity index (χ1) is 12.2. The summed E-state index contributed by atoms with van der Waals surface area (Å²) in [5, 5.41) is 15.1. The lowest BCUT2D eigenvalue weighted by molar-refractivity contribution is -0.120. The van der Waals surface area contributed by atoms with Gasteiger partial charge in [-0.25, -0.2) is 0 Å². The van der Waals surface area contributed by atoms with Crippen molar-refractivity contribution in [1.82, 2.24) is 10.2 Å². The Bertz CT molecular complexity index is 759. The summed E-state index contributed by atoms with van der Waals surface area (Å²) in [4.78, 5) is 24.5. The molecule has 0 radical (unpaired) electrons. The van der Waals surface area contributed by atoms with Gasteiger partial charge in [-0.15, -0.1) is 10.2 Å². The number of amides is 2. The van der Waals surface area contributed by atoms with Crippen molar-refractivity contribution in [2.45, 2.75) is 52.9 Å². The zero-order valence-electron chi connectivity index (χ0n) is 15.9. The van der Waals surface area contributed by atoms with Crippen LogP contribution in [0.4, 0.5) is 10.8 Å². The molecule has 1 aromatic heterocycles. The van der Waals surface area contributed by atoms with E-state index in [1.807, 2.05) is 34.6 Å². The fourth-order valence-electron chi connectivity index (χ4n) is 2.35. The molecular weight excluding hydrogens is 348 g/mol. The number of aromatic nitrogens is 2. The number of rotatable bonds is 6. The Labute approximate surface area is 158 Å². The van der Waals surface area contributed by atoms with Crippen molar-refractivity contribution in [3.05, 3.63) is 34.8 Å². The molecule has 7 heteroatoms. The van der Waals surface area contributed by atoms with Crippen molar-refractivity contribution in [2.24, 2.45) is 5.92 Å². The molecule has 0 fully saturated rings. The summed E-state index contributed by atoms with van der Waals surface area (Å²) in [7, 11) is 0. The van der Waals surface area contributed by atoms with Crippen molar-refractivity contribution in [2.75, 3.05) is 10.6 Å². The molecule has 2 amide bonds. The van der Waals surface area contributed by atoms with Gasteiger partial charge in [0.05, 0.1) is 0 Å². The van der Waals surface area contributed by atoms with Gasteiger partial charge in [0.25, 0.3) is 5.91 Å². The lowest BCUT2D eigenvalue weighted by Gasteiger charge is -2.13. The second-order valence-corrected chi connectivity index (χ2v) is 8.17. The first-order valence-corrected chi connectivity index (χ1v) is 9.62. The molecule has 0 bridgehead atoms. The third kappa shape index (κ3) is 5.11. The third-order valence-corrected chi connectivity index (χ3v) is 5.32. The van der Waals surface area contributed by atoms with Crippen molar-refractivity contribution >= 4 is 34.0 Å². The molecule has 0 saturated heterocycles. The van der Waals surface area contributed by atoms with Crippen LogP contribution in [0.15, 0.2) is 24.3 Å². The zero-order chi connectivity index (χ0) is 19.3. The molecule has 2 aromatic rings. The lowest BCUT2D eigenvalue weighted by atomic mass is 9.98.